The van der Waals surface area contributed by atoms with Crippen molar-refractivity contribution in [2.24, 2.45) is 0 Å². The third kappa shape index (κ3) is 5.87. The fourth-order valence-electron chi connectivity index (χ4n) is 1.48. The molecule has 0 saturated heterocycles. The Bertz CT molecular complexity index is 423. The van der Waals surface area contributed by atoms with Crippen LogP contribution in [0, 0.1) is 0 Å². The van der Waals surface area contributed by atoms with E-state index in [0.29, 0.717) is 25.1 Å². The summed E-state index contributed by atoms with van der Waals surface area (Å²) in [4.78, 5) is 21.7. The standard InChI is InChI=1S/C13H18N2O4/c1-10(5-6-16)19-13(18)14-8-11-3-2-4-12(7-11)15-9-17/h2-4,7,9-10,16H,5-6,8H2,1H3,(H,14,18)(H,15,17). The van der Waals surface area contributed by atoms with Crippen LogP contribution in [0.5, 0.6) is 0 Å². The maximum Gasteiger partial charge on any atom is 0.407 e. The summed E-state index contributed by atoms with van der Waals surface area (Å²) in [7, 11) is 0. The predicted molar refractivity (Wildman–Crippen MR) is 70.6 cm³/mol. The van der Waals surface area contributed by atoms with Gasteiger partial charge >= 0.3 is 6.09 Å². The third-order valence-corrected chi connectivity index (χ3v) is 2.43. The second-order valence-electron chi connectivity index (χ2n) is 4.04. The maximum atomic E-state index is 11.4. The summed E-state index contributed by atoms with van der Waals surface area (Å²) in [6.45, 7) is 2.00. The first-order valence-corrected chi connectivity index (χ1v) is 6.00. The van der Waals surface area contributed by atoms with Crippen molar-refractivity contribution >= 4 is 18.2 Å². The number of carbonyl (C=O) groups excluding carboxylic acids is 2. The molecule has 104 valence electrons. The van der Waals surface area contributed by atoms with Gasteiger partial charge in [0.1, 0.15) is 6.10 Å². The quantitative estimate of drug-likeness (QED) is 0.648. The van der Waals surface area contributed by atoms with E-state index in [4.69, 9.17) is 9.84 Å². The van der Waals surface area contributed by atoms with Crippen LogP contribution in [0.4, 0.5) is 10.5 Å². The van der Waals surface area contributed by atoms with Crippen molar-refractivity contribution in [2.45, 2.75) is 26.0 Å². The lowest BCUT2D eigenvalue weighted by Crippen LogP contribution is -2.27. The second-order valence-corrected chi connectivity index (χ2v) is 4.04. The van der Waals surface area contributed by atoms with Gasteiger partial charge in [0.05, 0.1) is 0 Å². The summed E-state index contributed by atoms with van der Waals surface area (Å²) in [6.07, 6.45) is 0.145. The van der Waals surface area contributed by atoms with Gasteiger partial charge in [-0.15, -0.1) is 0 Å². The molecule has 19 heavy (non-hydrogen) atoms. The number of amides is 2. The zero-order valence-corrected chi connectivity index (χ0v) is 10.8. The molecule has 1 rings (SSSR count). The molecular formula is C13H18N2O4. The predicted octanol–water partition coefficient (Wildman–Crippen LogP) is 1.25. The highest BCUT2D eigenvalue weighted by Crippen LogP contribution is 2.09. The van der Waals surface area contributed by atoms with Crippen LogP contribution in [0.25, 0.3) is 0 Å². The Morgan fingerprint density at radius 2 is 2.32 bits per heavy atom. The maximum absolute atomic E-state index is 11.4. The third-order valence-electron chi connectivity index (χ3n) is 2.43. The van der Waals surface area contributed by atoms with Crippen molar-refractivity contribution in [1.82, 2.24) is 5.32 Å². The normalized spacial score (nSPS) is 11.5. The number of aliphatic hydroxyl groups excluding tert-OH is 1. The Morgan fingerprint density at radius 1 is 1.53 bits per heavy atom. The van der Waals surface area contributed by atoms with E-state index in [9.17, 15) is 9.59 Å². The molecule has 1 atom stereocenters. The van der Waals surface area contributed by atoms with Crippen LogP contribution in [-0.4, -0.2) is 30.3 Å². The molecule has 0 radical (unpaired) electrons. The van der Waals surface area contributed by atoms with Crippen LogP contribution >= 0.6 is 0 Å². The van der Waals surface area contributed by atoms with Gasteiger partial charge in [0.15, 0.2) is 0 Å². The Balaban J connectivity index is 2.41. The lowest BCUT2D eigenvalue weighted by molar-refractivity contribution is -0.105. The van der Waals surface area contributed by atoms with Gasteiger partial charge in [-0.1, -0.05) is 12.1 Å². The highest BCUT2D eigenvalue weighted by molar-refractivity contribution is 5.71. The topological polar surface area (TPSA) is 87.7 Å². The van der Waals surface area contributed by atoms with Crippen LogP contribution < -0.4 is 10.6 Å². The smallest absolute Gasteiger partial charge is 0.407 e. The number of hydrogen-bond donors (Lipinski definition) is 3. The summed E-state index contributed by atoms with van der Waals surface area (Å²) in [5.41, 5.74) is 1.51. The summed E-state index contributed by atoms with van der Waals surface area (Å²) >= 11 is 0. The number of anilines is 1. The number of hydrogen-bond acceptors (Lipinski definition) is 4. The Hall–Kier alpha value is -2.08. The molecule has 2 amide bonds. The molecular weight excluding hydrogens is 248 g/mol. The number of aliphatic hydroxyl groups is 1. The zero-order chi connectivity index (χ0) is 14.1. The average Bonchev–Trinajstić information content (AvgIpc) is 2.37. The van der Waals surface area contributed by atoms with Crippen LogP contribution in [0.1, 0.15) is 18.9 Å². The molecule has 0 saturated carbocycles. The van der Waals surface area contributed by atoms with E-state index in [1.807, 2.05) is 6.07 Å². The van der Waals surface area contributed by atoms with E-state index in [2.05, 4.69) is 10.6 Å². The fourth-order valence-corrected chi connectivity index (χ4v) is 1.48. The molecule has 1 aromatic carbocycles. The van der Waals surface area contributed by atoms with E-state index in [0.717, 1.165) is 5.56 Å². The average molecular weight is 266 g/mol. The molecule has 0 aromatic heterocycles. The van der Waals surface area contributed by atoms with Crippen molar-refractivity contribution in [3.63, 3.8) is 0 Å². The van der Waals surface area contributed by atoms with Gasteiger partial charge in [0, 0.05) is 25.3 Å². The SMILES string of the molecule is CC(CCO)OC(=O)NCc1cccc(NC=O)c1. The Morgan fingerprint density at radius 3 is 3.00 bits per heavy atom. The van der Waals surface area contributed by atoms with Gasteiger partial charge in [-0.3, -0.25) is 4.79 Å². The second kappa shape index (κ2) is 8.10. The number of benzene rings is 1. The minimum atomic E-state index is -0.533. The van der Waals surface area contributed by atoms with Crippen LogP contribution in [-0.2, 0) is 16.1 Å². The number of carbonyl (C=O) groups is 2. The highest BCUT2D eigenvalue weighted by Gasteiger charge is 2.08. The number of rotatable bonds is 7. The number of ether oxygens (including phenoxy) is 1. The molecule has 0 spiro atoms. The summed E-state index contributed by atoms with van der Waals surface area (Å²) < 4.78 is 5.01. The van der Waals surface area contributed by atoms with Crippen LogP contribution in [0.2, 0.25) is 0 Å². The summed E-state index contributed by atoms with van der Waals surface area (Å²) in [5, 5.41) is 13.8. The van der Waals surface area contributed by atoms with E-state index in [-0.39, 0.29) is 12.7 Å². The monoisotopic (exact) mass is 266 g/mol. The minimum Gasteiger partial charge on any atom is -0.446 e. The molecule has 0 fully saturated rings. The van der Waals surface area contributed by atoms with Crippen molar-refractivity contribution < 1.29 is 19.4 Å². The lowest BCUT2D eigenvalue weighted by atomic mass is 10.2. The van der Waals surface area contributed by atoms with Gasteiger partial charge in [-0.05, 0) is 24.6 Å². The first-order chi connectivity index (χ1) is 9.15. The van der Waals surface area contributed by atoms with Crippen LogP contribution in [0.15, 0.2) is 24.3 Å². The largest absolute Gasteiger partial charge is 0.446 e. The van der Waals surface area contributed by atoms with Gasteiger partial charge < -0.3 is 20.5 Å². The fraction of sp³-hybridized carbons (Fsp3) is 0.385. The molecule has 3 N–H and O–H groups in total. The number of alkyl carbamates (subject to hydrolysis) is 1. The minimum absolute atomic E-state index is 0.0200. The number of nitrogens with one attached hydrogen (secondary N) is 2. The molecule has 0 bridgehead atoms. The van der Waals surface area contributed by atoms with E-state index in [1.54, 1.807) is 25.1 Å². The van der Waals surface area contributed by atoms with Crippen molar-refractivity contribution in [3.05, 3.63) is 29.8 Å². The highest BCUT2D eigenvalue weighted by atomic mass is 16.6. The molecule has 0 heterocycles. The van der Waals surface area contributed by atoms with Gasteiger partial charge in [0.2, 0.25) is 6.41 Å². The van der Waals surface area contributed by atoms with E-state index >= 15 is 0 Å². The van der Waals surface area contributed by atoms with Gasteiger partial charge in [-0.2, -0.15) is 0 Å². The van der Waals surface area contributed by atoms with Crippen molar-refractivity contribution in [3.8, 4) is 0 Å². The molecule has 0 aliphatic rings. The molecule has 1 unspecified atom stereocenters. The molecule has 0 aliphatic heterocycles. The van der Waals surface area contributed by atoms with Gasteiger partial charge in [0.25, 0.3) is 0 Å². The molecule has 1 aromatic rings. The van der Waals surface area contributed by atoms with E-state index in [1.165, 1.54) is 0 Å². The zero-order valence-electron chi connectivity index (χ0n) is 10.8. The van der Waals surface area contributed by atoms with Gasteiger partial charge in [-0.25, -0.2) is 4.79 Å². The molecule has 6 heteroatoms. The first-order valence-electron chi connectivity index (χ1n) is 6.00. The van der Waals surface area contributed by atoms with E-state index < -0.39 is 6.09 Å². The summed E-state index contributed by atoms with van der Waals surface area (Å²) in [5.74, 6) is 0. The Labute approximate surface area is 111 Å². The van der Waals surface area contributed by atoms with Crippen molar-refractivity contribution in [1.29, 1.82) is 0 Å². The molecule has 6 nitrogen and oxygen atoms in total. The summed E-state index contributed by atoms with van der Waals surface area (Å²) in [6, 6.07) is 7.11. The lowest BCUT2D eigenvalue weighted by Gasteiger charge is -2.12. The molecule has 0 aliphatic carbocycles. The van der Waals surface area contributed by atoms with Crippen LogP contribution in [0.3, 0.4) is 0 Å². The first kappa shape index (κ1) is 15.0. The Kier molecular flexibility index (Phi) is 6.38. The van der Waals surface area contributed by atoms with Crippen molar-refractivity contribution in [2.75, 3.05) is 11.9 Å².